The number of aryl methyl sites for hydroxylation is 1. The predicted octanol–water partition coefficient (Wildman–Crippen LogP) is 2.03. The van der Waals surface area contributed by atoms with Crippen LogP contribution >= 0.6 is 0 Å². The van der Waals surface area contributed by atoms with E-state index >= 15 is 0 Å². The zero-order chi connectivity index (χ0) is 18.8. The van der Waals surface area contributed by atoms with Crippen molar-refractivity contribution in [1.82, 2.24) is 15.4 Å². The molecule has 0 unspecified atom stereocenters. The van der Waals surface area contributed by atoms with Crippen molar-refractivity contribution in [2.24, 2.45) is 4.99 Å². The molecule has 0 atom stereocenters. The van der Waals surface area contributed by atoms with Crippen LogP contribution in [0.2, 0.25) is 0 Å². The highest BCUT2D eigenvalue weighted by Gasteiger charge is 2.11. The summed E-state index contributed by atoms with van der Waals surface area (Å²) in [7, 11) is -3.48. The molecular formula is C19H26N4O2S. The van der Waals surface area contributed by atoms with E-state index in [4.69, 9.17) is 0 Å². The summed E-state index contributed by atoms with van der Waals surface area (Å²) in [6, 6.07) is 16.6. The maximum absolute atomic E-state index is 12.2. The summed E-state index contributed by atoms with van der Waals surface area (Å²) < 4.78 is 26.9. The molecule has 0 saturated heterocycles. The van der Waals surface area contributed by atoms with E-state index in [1.807, 2.05) is 6.92 Å². The molecular weight excluding hydrogens is 348 g/mol. The van der Waals surface area contributed by atoms with Gasteiger partial charge >= 0.3 is 0 Å². The third-order valence-electron chi connectivity index (χ3n) is 3.65. The lowest BCUT2D eigenvalue weighted by Gasteiger charge is -2.12. The van der Waals surface area contributed by atoms with Gasteiger partial charge in [-0.05, 0) is 31.5 Å². The summed E-state index contributed by atoms with van der Waals surface area (Å²) in [5, 5.41) is 6.29. The summed E-state index contributed by atoms with van der Waals surface area (Å²) >= 11 is 0. The lowest BCUT2D eigenvalue weighted by atomic mass is 10.1. The number of nitrogens with zero attached hydrogens (tertiary/aromatic N) is 1. The maximum atomic E-state index is 12.2. The minimum Gasteiger partial charge on any atom is -0.357 e. The van der Waals surface area contributed by atoms with Crippen LogP contribution in [0.4, 0.5) is 0 Å². The van der Waals surface area contributed by atoms with Crippen LogP contribution in [-0.4, -0.2) is 34.0 Å². The quantitative estimate of drug-likeness (QED) is 0.375. The third-order valence-corrected chi connectivity index (χ3v) is 5.12. The molecule has 0 heterocycles. The lowest BCUT2D eigenvalue weighted by molar-refractivity contribution is 0.580. The number of aliphatic imine (C=N–C) groups is 1. The van der Waals surface area contributed by atoms with Gasteiger partial charge in [0.1, 0.15) is 0 Å². The molecule has 3 N–H and O–H groups in total. The van der Waals surface area contributed by atoms with Crippen LogP contribution in [0.1, 0.15) is 18.1 Å². The first-order valence-corrected chi connectivity index (χ1v) is 10.1. The van der Waals surface area contributed by atoms with Gasteiger partial charge in [-0.25, -0.2) is 18.1 Å². The van der Waals surface area contributed by atoms with Gasteiger partial charge in [0.05, 0.1) is 11.4 Å². The summed E-state index contributed by atoms with van der Waals surface area (Å²) in [6.07, 6.45) is 0. The van der Waals surface area contributed by atoms with E-state index < -0.39 is 10.0 Å². The van der Waals surface area contributed by atoms with Crippen molar-refractivity contribution in [2.75, 3.05) is 19.6 Å². The zero-order valence-electron chi connectivity index (χ0n) is 15.2. The van der Waals surface area contributed by atoms with Gasteiger partial charge in [-0.3, -0.25) is 0 Å². The fourth-order valence-electron chi connectivity index (χ4n) is 2.25. The number of sulfonamides is 1. The maximum Gasteiger partial charge on any atom is 0.240 e. The third kappa shape index (κ3) is 6.50. The Bertz CT molecular complexity index is 803. The van der Waals surface area contributed by atoms with Gasteiger partial charge < -0.3 is 10.6 Å². The van der Waals surface area contributed by atoms with Crippen LogP contribution in [0.5, 0.6) is 0 Å². The van der Waals surface area contributed by atoms with Gasteiger partial charge in [0.2, 0.25) is 10.0 Å². The molecule has 0 amide bonds. The van der Waals surface area contributed by atoms with Crippen molar-refractivity contribution >= 4 is 16.0 Å². The molecule has 2 aromatic rings. The van der Waals surface area contributed by atoms with E-state index in [9.17, 15) is 8.42 Å². The van der Waals surface area contributed by atoms with Crippen LogP contribution in [0.15, 0.2) is 64.5 Å². The van der Waals surface area contributed by atoms with Crippen LogP contribution in [0, 0.1) is 6.92 Å². The van der Waals surface area contributed by atoms with E-state index in [0.717, 1.165) is 12.1 Å². The molecule has 7 heteroatoms. The van der Waals surface area contributed by atoms with Gasteiger partial charge in [-0.2, -0.15) is 0 Å². The first kappa shape index (κ1) is 19.9. The molecule has 0 fully saturated rings. The first-order valence-electron chi connectivity index (χ1n) is 8.63. The fourth-order valence-corrected chi connectivity index (χ4v) is 3.31. The van der Waals surface area contributed by atoms with Crippen molar-refractivity contribution in [3.63, 3.8) is 0 Å². The molecule has 6 nitrogen and oxygen atoms in total. The molecule has 2 aromatic carbocycles. The normalized spacial score (nSPS) is 12.0. The minimum atomic E-state index is -3.48. The molecule has 0 aliphatic heterocycles. The van der Waals surface area contributed by atoms with Crippen molar-refractivity contribution in [1.29, 1.82) is 0 Å². The van der Waals surface area contributed by atoms with Crippen molar-refractivity contribution in [2.45, 2.75) is 25.3 Å². The Morgan fingerprint density at radius 3 is 2.31 bits per heavy atom. The summed E-state index contributed by atoms with van der Waals surface area (Å²) in [4.78, 5) is 4.79. The van der Waals surface area contributed by atoms with E-state index in [1.54, 1.807) is 30.3 Å². The SMILES string of the molecule is CCNC(=NCc1ccc(C)cc1)NCCNS(=O)(=O)c1ccccc1. The molecule has 0 aromatic heterocycles. The standard InChI is InChI=1S/C19H26N4O2S/c1-3-20-19(22-15-17-11-9-16(2)10-12-17)21-13-14-23-26(24,25)18-7-5-4-6-8-18/h4-12,23H,3,13-15H2,1-2H3,(H2,20,21,22). The van der Waals surface area contributed by atoms with Gasteiger partial charge in [-0.15, -0.1) is 0 Å². The summed E-state index contributed by atoms with van der Waals surface area (Å²) in [5.41, 5.74) is 2.34. The monoisotopic (exact) mass is 374 g/mol. The molecule has 0 bridgehead atoms. The Morgan fingerprint density at radius 2 is 1.65 bits per heavy atom. The molecule has 0 saturated carbocycles. The van der Waals surface area contributed by atoms with Crippen molar-refractivity contribution in [3.8, 4) is 0 Å². The summed E-state index contributed by atoms with van der Waals surface area (Å²) in [5.74, 6) is 0.659. The highest BCUT2D eigenvalue weighted by atomic mass is 32.2. The largest absolute Gasteiger partial charge is 0.357 e. The lowest BCUT2D eigenvalue weighted by Crippen LogP contribution is -2.41. The highest BCUT2D eigenvalue weighted by molar-refractivity contribution is 7.89. The summed E-state index contributed by atoms with van der Waals surface area (Å²) in [6.45, 7) is 6.04. The van der Waals surface area contributed by atoms with Gasteiger partial charge in [0, 0.05) is 19.6 Å². The Kier molecular flexibility index (Phi) is 7.62. The van der Waals surface area contributed by atoms with E-state index in [1.165, 1.54) is 5.56 Å². The number of hydrogen-bond acceptors (Lipinski definition) is 3. The average Bonchev–Trinajstić information content (AvgIpc) is 2.65. The average molecular weight is 375 g/mol. The Balaban J connectivity index is 1.84. The van der Waals surface area contributed by atoms with E-state index in [0.29, 0.717) is 19.0 Å². The second kappa shape index (κ2) is 9.94. The predicted molar refractivity (Wildman–Crippen MR) is 106 cm³/mol. The second-order valence-electron chi connectivity index (χ2n) is 5.82. The molecule has 2 rings (SSSR count). The number of rotatable bonds is 8. The molecule has 26 heavy (non-hydrogen) atoms. The second-order valence-corrected chi connectivity index (χ2v) is 7.59. The molecule has 0 radical (unpaired) electrons. The highest BCUT2D eigenvalue weighted by Crippen LogP contribution is 2.06. The Labute approximate surface area is 155 Å². The zero-order valence-corrected chi connectivity index (χ0v) is 16.0. The van der Waals surface area contributed by atoms with Crippen LogP contribution in [-0.2, 0) is 16.6 Å². The Morgan fingerprint density at radius 1 is 0.962 bits per heavy atom. The van der Waals surface area contributed by atoms with Crippen LogP contribution < -0.4 is 15.4 Å². The molecule has 140 valence electrons. The number of nitrogens with one attached hydrogen (secondary N) is 3. The van der Waals surface area contributed by atoms with Crippen molar-refractivity contribution in [3.05, 3.63) is 65.7 Å². The van der Waals surface area contributed by atoms with Crippen LogP contribution in [0.25, 0.3) is 0 Å². The molecule has 0 aliphatic rings. The smallest absolute Gasteiger partial charge is 0.240 e. The number of benzene rings is 2. The first-order chi connectivity index (χ1) is 12.5. The van der Waals surface area contributed by atoms with Crippen LogP contribution in [0.3, 0.4) is 0 Å². The van der Waals surface area contributed by atoms with Gasteiger partial charge in [0.25, 0.3) is 0 Å². The molecule has 0 spiro atoms. The topological polar surface area (TPSA) is 82.6 Å². The number of hydrogen-bond donors (Lipinski definition) is 3. The van der Waals surface area contributed by atoms with Gasteiger partial charge in [-0.1, -0.05) is 48.0 Å². The Hall–Kier alpha value is -2.38. The van der Waals surface area contributed by atoms with E-state index in [-0.39, 0.29) is 11.4 Å². The van der Waals surface area contributed by atoms with E-state index in [2.05, 4.69) is 51.5 Å². The molecule has 0 aliphatic carbocycles. The minimum absolute atomic E-state index is 0.264. The van der Waals surface area contributed by atoms with Crippen molar-refractivity contribution < 1.29 is 8.42 Å². The fraction of sp³-hybridized carbons (Fsp3) is 0.316. The van der Waals surface area contributed by atoms with Gasteiger partial charge in [0.15, 0.2) is 5.96 Å². The number of guanidine groups is 1.